The third-order valence-electron chi connectivity index (χ3n) is 4.24. The van der Waals surface area contributed by atoms with Gasteiger partial charge in [-0.3, -0.25) is 4.79 Å². The minimum Gasteiger partial charge on any atom is -0.497 e. The highest BCUT2D eigenvalue weighted by atomic mass is 16.5. The van der Waals surface area contributed by atoms with Crippen molar-refractivity contribution in [3.8, 4) is 5.75 Å². The number of aliphatic hydroxyl groups is 1. The largest absolute Gasteiger partial charge is 0.497 e. The number of ether oxygens (including phenoxy) is 1. The topological polar surface area (TPSA) is 58.6 Å². The molecule has 1 aliphatic rings. The first-order valence-corrected chi connectivity index (χ1v) is 7.16. The van der Waals surface area contributed by atoms with E-state index in [9.17, 15) is 9.90 Å². The SMILES string of the molecule is COc1cccc(C(=O)NC2(CO)CCC(C)CC2)c1. The molecule has 0 aliphatic heterocycles. The molecule has 1 amide bonds. The van der Waals surface area contributed by atoms with Crippen LogP contribution in [0, 0.1) is 5.92 Å². The molecule has 1 aromatic rings. The van der Waals surface area contributed by atoms with Gasteiger partial charge in [-0.05, 0) is 49.8 Å². The normalized spacial score (nSPS) is 26.1. The van der Waals surface area contributed by atoms with E-state index >= 15 is 0 Å². The molecule has 1 aromatic carbocycles. The average Bonchev–Trinajstić information content (AvgIpc) is 2.50. The minimum absolute atomic E-state index is 0.00454. The predicted octanol–water partition coefficient (Wildman–Crippen LogP) is 2.37. The molecule has 0 spiro atoms. The molecular weight excluding hydrogens is 254 g/mol. The summed E-state index contributed by atoms with van der Waals surface area (Å²) in [7, 11) is 1.58. The summed E-state index contributed by atoms with van der Waals surface area (Å²) in [6.07, 6.45) is 3.75. The first kappa shape index (κ1) is 14.9. The fourth-order valence-electron chi connectivity index (χ4n) is 2.71. The Labute approximate surface area is 120 Å². The lowest BCUT2D eigenvalue weighted by Gasteiger charge is -2.38. The van der Waals surface area contributed by atoms with Crippen molar-refractivity contribution in [2.45, 2.75) is 38.1 Å². The molecule has 0 atom stereocenters. The minimum atomic E-state index is -0.466. The summed E-state index contributed by atoms with van der Waals surface area (Å²) in [5.41, 5.74) is 0.0999. The second-order valence-corrected chi connectivity index (χ2v) is 5.81. The number of nitrogens with one attached hydrogen (secondary N) is 1. The van der Waals surface area contributed by atoms with E-state index in [-0.39, 0.29) is 12.5 Å². The average molecular weight is 277 g/mol. The summed E-state index contributed by atoms with van der Waals surface area (Å²) in [5.74, 6) is 1.18. The van der Waals surface area contributed by atoms with Gasteiger partial charge in [-0.25, -0.2) is 0 Å². The Morgan fingerprint density at radius 3 is 2.75 bits per heavy atom. The molecule has 2 N–H and O–H groups in total. The molecule has 1 aliphatic carbocycles. The lowest BCUT2D eigenvalue weighted by molar-refractivity contribution is 0.0717. The highest BCUT2D eigenvalue weighted by Crippen LogP contribution is 2.31. The van der Waals surface area contributed by atoms with Gasteiger partial charge in [0.25, 0.3) is 5.91 Å². The van der Waals surface area contributed by atoms with Crippen molar-refractivity contribution < 1.29 is 14.6 Å². The second-order valence-electron chi connectivity index (χ2n) is 5.81. The van der Waals surface area contributed by atoms with E-state index in [0.717, 1.165) is 25.7 Å². The first-order chi connectivity index (χ1) is 9.58. The molecule has 4 heteroatoms. The maximum absolute atomic E-state index is 12.3. The van der Waals surface area contributed by atoms with Gasteiger partial charge in [-0.2, -0.15) is 0 Å². The number of carbonyl (C=O) groups excluding carboxylic acids is 1. The lowest BCUT2D eigenvalue weighted by atomic mass is 9.77. The Kier molecular flexibility index (Phi) is 4.65. The van der Waals surface area contributed by atoms with E-state index in [1.807, 2.05) is 0 Å². The van der Waals surface area contributed by atoms with Crippen molar-refractivity contribution in [3.05, 3.63) is 29.8 Å². The number of hydrogen-bond acceptors (Lipinski definition) is 3. The predicted molar refractivity (Wildman–Crippen MR) is 77.9 cm³/mol. The van der Waals surface area contributed by atoms with Gasteiger partial charge >= 0.3 is 0 Å². The van der Waals surface area contributed by atoms with E-state index < -0.39 is 5.54 Å². The summed E-state index contributed by atoms with van der Waals surface area (Å²) < 4.78 is 5.13. The van der Waals surface area contributed by atoms with Crippen LogP contribution < -0.4 is 10.1 Å². The molecule has 0 radical (unpaired) electrons. The molecule has 20 heavy (non-hydrogen) atoms. The van der Waals surface area contributed by atoms with E-state index in [4.69, 9.17) is 4.74 Å². The Morgan fingerprint density at radius 2 is 2.15 bits per heavy atom. The molecule has 0 bridgehead atoms. The maximum Gasteiger partial charge on any atom is 0.251 e. The van der Waals surface area contributed by atoms with Crippen molar-refractivity contribution in [1.82, 2.24) is 5.32 Å². The van der Waals surface area contributed by atoms with Crippen LogP contribution in [0.15, 0.2) is 24.3 Å². The Hall–Kier alpha value is -1.55. The molecule has 4 nitrogen and oxygen atoms in total. The van der Waals surface area contributed by atoms with Crippen LogP contribution in [0.3, 0.4) is 0 Å². The summed E-state index contributed by atoms with van der Waals surface area (Å²) in [6, 6.07) is 7.07. The molecular formula is C16H23NO3. The van der Waals surface area contributed by atoms with E-state index in [1.54, 1.807) is 31.4 Å². The van der Waals surface area contributed by atoms with Crippen molar-refractivity contribution in [3.63, 3.8) is 0 Å². The van der Waals surface area contributed by atoms with Gasteiger partial charge in [-0.15, -0.1) is 0 Å². The fourth-order valence-corrected chi connectivity index (χ4v) is 2.71. The lowest BCUT2D eigenvalue weighted by Crippen LogP contribution is -2.53. The standard InChI is InChI=1S/C16H23NO3/c1-12-6-8-16(11-18,9-7-12)17-15(19)13-4-3-5-14(10-13)20-2/h3-5,10,12,18H,6-9,11H2,1-2H3,(H,17,19). The van der Waals surface area contributed by atoms with E-state index in [0.29, 0.717) is 17.2 Å². The second kappa shape index (κ2) is 6.27. The Balaban J connectivity index is 2.09. The summed E-state index contributed by atoms with van der Waals surface area (Å²) in [4.78, 5) is 12.3. The van der Waals surface area contributed by atoms with Crippen molar-refractivity contribution in [2.24, 2.45) is 5.92 Å². The molecule has 0 saturated heterocycles. The van der Waals surface area contributed by atoms with Crippen LogP contribution in [-0.2, 0) is 0 Å². The quantitative estimate of drug-likeness (QED) is 0.888. The summed E-state index contributed by atoms with van der Waals surface area (Å²) in [5, 5.41) is 12.7. The molecule has 0 unspecified atom stereocenters. The zero-order valence-electron chi connectivity index (χ0n) is 12.2. The number of aliphatic hydroxyl groups excluding tert-OH is 1. The zero-order chi connectivity index (χ0) is 14.6. The molecule has 0 aromatic heterocycles. The Morgan fingerprint density at radius 1 is 1.45 bits per heavy atom. The smallest absolute Gasteiger partial charge is 0.251 e. The van der Waals surface area contributed by atoms with Gasteiger partial charge < -0.3 is 15.2 Å². The molecule has 2 rings (SSSR count). The molecule has 1 saturated carbocycles. The van der Waals surface area contributed by atoms with Crippen LogP contribution in [0.2, 0.25) is 0 Å². The zero-order valence-corrected chi connectivity index (χ0v) is 12.2. The third-order valence-corrected chi connectivity index (χ3v) is 4.24. The van der Waals surface area contributed by atoms with Crippen LogP contribution in [-0.4, -0.2) is 30.3 Å². The van der Waals surface area contributed by atoms with E-state index in [2.05, 4.69) is 12.2 Å². The van der Waals surface area contributed by atoms with Crippen LogP contribution in [0.1, 0.15) is 43.0 Å². The monoisotopic (exact) mass is 277 g/mol. The summed E-state index contributed by atoms with van der Waals surface area (Å²) >= 11 is 0. The van der Waals surface area contributed by atoms with Crippen LogP contribution in [0.5, 0.6) is 5.75 Å². The Bertz CT molecular complexity index is 465. The first-order valence-electron chi connectivity index (χ1n) is 7.16. The van der Waals surface area contributed by atoms with Gasteiger partial charge in [0.1, 0.15) is 5.75 Å². The number of carbonyl (C=O) groups is 1. The highest BCUT2D eigenvalue weighted by molar-refractivity contribution is 5.95. The molecule has 0 heterocycles. The van der Waals surface area contributed by atoms with Gasteiger partial charge in [0.2, 0.25) is 0 Å². The van der Waals surface area contributed by atoms with Crippen LogP contribution in [0.25, 0.3) is 0 Å². The van der Waals surface area contributed by atoms with Crippen LogP contribution in [0.4, 0.5) is 0 Å². The van der Waals surface area contributed by atoms with Gasteiger partial charge in [-0.1, -0.05) is 13.0 Å². The van der Waals surface area contributed by atoms with Crippen molar-refractivity contribution in [2.75, 3.05) is 13.7 Å². The van der Waals surface area contributed by atoms with Crippen molar-refractivity contribution >= 4 is 5.91 Å². The van der Waals surface area contributed by atoms with Gasteiger partial charge in [0.05, 0.1) is 19.3 Å². The van der Waals surface area contributed by atoms with Crippen LogP contribution >= 0.6 is 0 Å². The highest BCUT2D eigenvalue weighted by Gasteiger charge is 2.35. The number of hydrogen-bond donors (Lipinski definition) is 2. The molecule has 1 fully saturated rings. The third kappa shape index (κ3) is 3.31. The number of benzene rings is 1. The number of amides is 1. The number of methoxy groups -OCH3 is 1. The van der Waals surface area contributed by atoms with Crippen molar-refractivity contribution in [1.29, 1.82) is 0 Å². The number of rotatable bonds is 4. The van der Waals surface area contributed by atoms with Gasteiger partial charge in [0, 0.05) is 5.56 Å². The summed E-state index contributed by atoms with van der Waals surface area (Å²) in [6.45, 7) is 2.21. The maximum atomic E-state index is 12.3. The fraction of sp³-hybridized carbons (Fsp3) is 0.562. The van der Waals surface area contributed by atoms with Gasteiger partial charge in [0.15, 0.2) is 0 Å². The van der Waals surface area contributed by atoms with E-state index in [1.165, 1.54) is 0 Å². The molecule has 110 valence electrons.